The quantitative estimate of drug-likeness (QED) is 0.875. The van der Waals surface area contributed by atoms with Crippen molar-refractivity contribution in [2.45, 2.75) is 23.7 Å². The smallest absolute Gasteiger partial charge is 0.138 e. The van der Waals surface area contributed by atoms with Crippen LogP contribution in [0.25, 0.3) is 0 Å². The molecule has 2 aliphatic rings. The van der Waals surface area contributed by atoms with Gasteiger partial charge in [0.2, 0.25) is 0 Å². The van der Waals surface area contributed by atoms with E-state index in [0.717, 1.165) is 30.5 Å². The number of benzene rings is 1. The molecule has 1 aromatic carbocycles. The minimum absolute atomic E-state index is 0.554. The average Bonchev–Trinajstić information content (AvgIpc) is 2.85. The molecule has 0 saturated carbocycles. The molecule has 1 atom stereocenters. The molecule has 17 heavy (non-hydrogen) atoms. The van der Waals surface area contributed by atoms with Crippen LogP contribution in [0.3, 0.4) is 0 Å². The molecule has 0 bridgehead atoms. The molecule has 2 heterocycles. The molecule has 1 fully saturated rings. The Balaban J connectivity index is 1.96. The molecule has 1 aromatic rings. The van der Waals surface area contributed by atoms with Gasteiger partial charge in [0.25, 0.3) is 0 Å². The third-order valence-corrected chi connectivity index (χ3v) is 4.33. The van der Waals surface area contributed by atoms with Crippen LogP contribution in [-0.2, 0) is 0 Å². The molecular formula is C13H17NO2S. The van der Waals surface area contributed by atoms with Gasteiger partial charge in [-0.15, -0.1) is 0 Å². The summed E-state index contributed by atoms with van der Waals surface area (Å²) in [6.45, 7) is 2.18. The van der Waals surface area contributed by atoms with Crippen molar-refractivity contribution in [2.75, 3.05) is 26.1 Å². The number of hydrogen-bond acceptors (Lipinski definition) is 4. The van der Waals surface area contributed by atoms with Crippen LogP contribution in [-0.4, -0.2) is 26.1 Å². The maximum absolute atomic E-state index is 5.62. The van der Waals surface area contributed by atoms with Crippen LogP contribution in [0, 0.1) is 0 Å². The second kappa shape index (κ2) is 4.78. The zero-order chi connectivity index (χ0) is 11.7. The lowest BCUT2D eigenvalue weighted by Gasteiger charge is -2.25. The van der Waals surface area contributed by atoms with E-state index in [4.69, 9.17) is 9.47 Å². The topological polar surface area (TPSA) is 30.5 Å². The third kappa shape index (κ3) is 2.11. The summed E-state index contributed by atoms with van der Waals surface area (Å²) in [5, 5.41) is 3.45. The molecule has 92 valence electrons. The van der Waals surface area contributed by atoms with Crippen LogP contribution >= 0.6 is 11.8 Å². The maximum Gasteiger partial charge on any atom is 0.138 e. The zero-order valence-electron chi connectivity index (χ0n) is 9.99. The monoisotopic (exact) mass is 251 g/mol. The molecule has 1 saturated heterocycles. The van der Waals surface area contributed by atoms with Gasteiger partial charge in [0.15, 0.2) is 0 Å². The summed E-state index contributed by atoms with van der Waals surface area (Å²) < 4.78 is 11.1. The van der Waals surface area contributed by atoms with Crippen LogP contribution in [0.2, 0.25) is 0 Å². The molecular weight excluding hydrogens is 234 g/mol. The summed E-state index contributed by atoms with van der Waals surface area (Å²) >= 11 is 1.73. The van der Waals surface area contributed by atoms with Gasteiger partial charge in [0, 0.05) is 18.0 Å². The van der Waals surface area contributed by atoms with Crippen molar-refractivity contribution in [3.63, 3.8) is 0 Å². The molecule has 3 rings (SSSR count). The van der Waals surface area contributed by atoms with Crippen molar-refractivity contribution in [2.24, 2.45) is 0 Å². The number of fused-ring (bicyclic) bond motifs is 1. The minimum Gasteiger partial charge on any atom is -0.496 e. The number of piperidine rings is 1. The average molecular weight is 251 g/mol. The van der Waals surface area contributed by atoms with Crippen molar-refractivity contribution >= 4 is 11.8 Å². The van der Waals surface area contributed by atoms with E-state index in [1.54, 1.807) is 18.9 Å². The first-order chi connectivity index (χ1) is 8.38. The van der Waals surface area contributed by atoms with Gasteiger partial charge in [-0.3, -0.25) is 0 Å². The zero-order valence-corrected chi connectivity index (χ0v) is 10.8. The molecule has 2 aliphatic heterocycles. The lowest BCUT2D eigenvalue weighted by molar-refractivity contribution is 0.377. The second-order valence-corrected chi connectivity index (χ2v) is 5.45. The van der Waals surface area contributed by atoms with E-state index in [-0.39, 0.29) is 0 Å². The Kier molecular flexibility index (Phi) is 3.16. The fraction of sp³-hybridized carbons (Fsp3) is 0.538. The van der Waals surface area contributed by atoms with Gasteiger partial charge in [-0.05, 0) is 31.5 Å². The molecule has 0 aromatic heterocycles. The fourth-order valence-corrected chi connectivity index (χ4v) is 3.32. The van der Waals surface area contributed by atoms with Crippen molar-refractivity contribution < 1.29 is 9.47 Å². The standard InChI is InChI=1S/C13H17NO2S/c1-15-11-6-13-12(16-8-17-13)5-10(11)9-3-2-4-14-7-9/h5-6,9,14H,2-4,7-8H2,1H3. The largest absolute Gasteiger partial charge is 0.496 e. The first kappa shape index (κ1) is 11.2. The van der Waals surface area contributed by atoms with E-state index in [9.17, 15) is 0 Å². The van der Waals surface area contributed by atoms with E-state index in [1.807, 2.05) is 0 Å². The van der Waals surface area contributed by atoms with Crippen LogP contribution in [0.15, 0.2) is 17.0 Å². The normalized spacial score (nSPS) is 23.0. The maximum atomic E-state index is 5.62. The summed E-state index contributed by atoms with van der Waals surface area (Å²) in [5.41, 5.74) is 1.29. The second-order valence-electron chi connectivity index (χ2n) is 4.49. The van der Waals surface area contributed by atoms with Crippen LogP contribution in [0.5, 0.6) is 11.5 Å². The highest BCUT2D eigenvalue weighted by molar-refractivity contribution is 7.99. The summed E-state index contributed by atoms with van der Waals surface area (Å²) in [6.07, 6.45) is 2.47. The van der Waals surface area contributed by atoms with Crippen molar-refractivity contribution in [1.29, 1.82) is 0 Å². The van der Waals surface area contributed by atoms with E-state index in [2.05, 4.69) is 17.4 Å². The van der Waals surface area contributed by atoms with Gasteiger partial charge in [0.1, 0.15) is 17.4 Å². The Morgan fingerprint density at radius 1 is 1.47 bits per heavy atom. The number of hydrogen-bond donors (Lipinski definition) is 1. The highest BCUT2D eigenvalue weighted by Crippen LogP contribution is 2.43. The minimum atomic E-state index is 0.554. The SMILES string of the molecule is COc1cc2c(cc1C1CCCNC1)OCS2. The van der Waals surface area contributed by atoms with Crippen molar-refractivity contribution in [3.8, 4) is 11.5 Å². The molecule has 0 spiro atoms. The highest BCUT2D eigenvalue weighted by atomic mass is 32.2. The predicted molar refractivity (Wildman–Crippen MR) is 69.2 cm³/mol. The predicted octanol–water partition coefficient (Wildman–Crippen LogP) is 2.60. The van der Waals surface area contributed by atoms with Gasteiger partial charge in [-0.1, -0.05) is 11.8 Å². The lowest BCUT2D eigenvalue weighted by atomic mass is 9.91. The molecule has 1 N–H and O–H groups in total. The van der Waals surface area contributed by atoms with Crippen molar-refractivity contribution in [3.05, 3.63) is 17.7 Å². The Hall–Kier alpha value is -0.870. The Morgan fingerprint density at radius 3 is 3.18 bits per heavy atom. The van der Waals surface area contributed by atoms with E-state index in [1.165, 1.54) is 23.3 Å². The summed E-state index contributed by atoms with van der Waals surface area (Å²) in [7, 11) is 1.75. The highest BCUT2D eigenvalue weighted by Gasteiger charge is 2.23. The van der Waals surface area contributed by atoms with Gasteiger partial charge >= 0.3 is 0 Å². The molecule has 3 nitrogen and oxygen atoms in total. The number of nitrogens with one attached hydrogen (secondary N) is 1. The van der Waals surface area contributed by atoms with Gasteiger partial charge < -0.3 is 14.8 Å². The summed E-state index contributed by atoms with van der Waals surface area (Å²) in [4.78, 5) is 1.20. The fourth-order valence-electron chi connectivity index (χ4n) is 2.55. The molecule has 0 aliphatic carbocycles. The Morgan fingerprint density at radius 2 is 2.41 bits per heavy atom. The van der Waals surface area contributed by atoms with Crippen LogP contribution < -0.4 is 14.8 Å². The first-order valence-corrected chi connectivity index (χ1v) is 7.05. The summed E-state index contributed by atoms with van der Waals surface area (Å²) in [5.74, 6) is 3.32. The molecule has 1 unspecified atom stereocenters. The van der Waals surface area contributed by atoms with Crippen LogP contribution in [0.1, 0.15) is 24.3 Å². The molecule has 0 radical (unpaired) electrons. The first-order valence-electron chi connectivity index (χ1n) is 6.06. The van der Waals surface area contributed by atoms with Gasteiger partial charge in [-0.2, -0.15) is 0 Å². The van der Waals surface area contributed by atoms with Crippen molar-refractivity contribution in [1.82, 2.24) is 5.32 Å². The Bertz CT molecular complexity index is 416. The van der Waals surface area contributed by atoms with Crippen LogP contribution in [0.4, 0.5) is 0 Å². The number of thioether (sulfide) groups is 1. The Labute approximate surface area is 106 Å². The van der Waals surface area contributed by atoms with E-state index >= 15 is 0 Å². The number of rotatable bonds is 2. The van der Waals surface area contributed by atoms with Gasteiger partial charge in [0.05, 0.1) is 12.0 Å². The lowest BCUT2D eigenvalue weighted by Crippen LogP contribution is -2.28. The van der Waals surface area contributed by atoms with E-state index in [0.29, 0.717) is 5.92 Å². The summed E-state index contributed by atoms with van der Waals surface area (Å²) in [6, 6.07) is 4.29. The van der Waals surface area contributed by atoms with Gasteiger partial charge in [-0.25, -0.2) is 0 Å². The molecule has 4 heteroatoms. The molecule has 0 amide bonds. The number of ether oxygens (including phenoxy) is 2. The number of methoxy groups -OCH3 is 1. The third-order valence-electron chi connectivity index (χ3n) is 3.46. The van der Waals surface area contributed by atoms with E-state index < -0.39 is 0 Å².